The Kier molecular flexibility index (Phi) is 4.87. The molecule has 0 unspecified atom stereocenters. The van der Waals surface area contributed by atoms with Gasteiger partial charge in [0.2, 0.25) is 0 Å². The Bertz CT molecular complexity index is 299. The van der Waals surface area contributed by atoms with E-state index in [1.54, 1.807) is 19.1 Å². The van der Waals surface area contributed by atoms with Gasteiger partial charge >= 0.3 is 29.6 Å². The average molecular weight is 193 g/mol. The number of benzene rings is 1. The van der Waals surface area contributed by atoms with Crippen molar-refractivity contribution < 1.29 is 39.5 Å². The van der Waals surface area contributed by atoms with Gasteiger partial charge in [-0.25, -0.2) is 0 Å². The molecule has 1 rings (SSSR count). The summed E-state index contributed by atoms with van der Waals surface area (Å²) in [4.78, 5) is 10.4. The summed E-state index contributed by atoms with van der Waals surface area (Å²) in [6.45, 7) is 1.70. The van der Waals surface area contributed by atoms with Gasteiger partial charge in [0, 0.05) is 10.6 Å². The van der Waals surface area contributed by atoms with Crippen molar-refractivity contribution in [1.29, 1.82) is 0 Å². The molecule has 1 aromatic carbocycles. The first-order valence-electron chi connectivity index (χ1n) is 3.09. The molecule has 0 N–H and O–H groups in total. The van der Waals surface area contributed by atoms with Crippen LogP contribution in [0.5, 0.6) is 0 Å². The molecular weight excluding hydrogens is 187 g/mol. The number of hydrogen-bond donors (Lipinski definition) is 0. The number of aryl methyl sites for hydroxylation is 1. The summed E-state index contributed by atoms with van der Waals surface area (Å²) in [6.07, 6.45) is 0. The van der Waals surface area contributed by atoms with Crippen LogP contribution in [-0.4, -0.2) is 5.97 Å². The Hall–Kier alpha value is -0.0200. The second-order valence-corrected chi connectivity index (χ2v) is 2.68. The smallest absolute Gasteiger partial charge is 0.545 e. The quantitative estimate of drug-likeness (QED) is 0.484. The minimum absolute atomic E-state index is 0. The third kappa shape index (κ3) is 2.79. The third-order valence-corrected chi connectivity index (χ3v) is 1.65. The fraction of sp³-hybridized carbons (Fsp3) is 0.125. The molecule has 1 aromatic rings. The minimum Gasteiger partial charge on any atom is -0.545 e. The normalized spacial score (nSPS) is 8.83. The Balaban J connectivity index is 0.00000121. The van der Waals surface area contributed by atoms with Gasteiger partial charge in [-0.15, -0.1) is 0 Å². The summed E-state index contributed by atoms with van der Waals surface area (Å²) in [5.41, 5.74) is 0.812. The largest absolute Gasteiger partial charge is 1.00 e. The van der Waals surface area contributed by atoms with E-state index in [4.69, 9.17) is 11.6 Å². The monoisotopic (exact) mass is 192 g/mol. The summed E-state index contributed by atoms with van der Waals surface area (Å²) < 4.78 is 0. The summed E-state index contributed by atoms with van der Waals surface area (Å²) in [7, 11) is 0. The predicted molar refractivity (Wildman–Crippen MR) is 40.5 cm³/mol. The number of aromatic carboxylic acids is 1. The van der Waals surface area contributed by atoms with Crippen molar-refractivity contribution in [3.05, 3.63) is 34.3 Å². The van der Waals surface area contributed by atoms with E-state index in [1.165, 1.54) is 6.07 Å². The molecule has 0 radical (unpaired) electrons. The third-order valence-electron chi connectivity index (χ3n) is 1.42. The van der Waals surface area contributed by atoms with E-state index in [2.05, 4.69) is 0 Å². The Labute approximate surface area is 97.8 Å². The van der Waals surface area contributed by atoms with Gasteiger partial charge in [-0.1, -0.05) is 17.7 Å². The maximum atomic E-state index is 10.4. The fourth-order valence-corrected chi connectivity index (χ4v) is 0.986. The van der Waals surface area contributed by atoms with Gasteiger partial charge in [0.25, 0.3) is 0 Å². The van der Waals surface area contributed by atoms with Gasteiger partial charge in [-0.3, -0.25) is 0 Å². The number of hydrogen-bond acceptors (Lipinski definition) is 2. The molecule has 12 heavy (non-hydrogen) atoms. The summed E-state index contributed by atoms with van der Waals surface area (Å²) in [6, 6.07) is 4.67. The van der Waals surface area contributed by atoms with Gasteiger partial charge in [0.15, 0.2) is 0 Å². The first-order valence-corrected chi connectivity index (χ1v) is 3.46. The summed E-state index contributed by atoms with van der Waals surface area (Å²) in [5.74, 6) is -1.19. The molecule has 2 nitrogen and oxygen atoms in total. The predicted octanol–water partition coefficient (Wildman–Crippen LogP) is -1.98. The van der Waals surface area contributed by atoms with Crippen LogP contribution in [-0.2, 0) is 0 Å². The molecule has 0 heterocycles. The Morgan fingerprint density at radius 1 is 1.50 bits per heavy atom. The van der Waals surface area contributed by atoms with Crippen LogP contribution in [0.4, 0.5) is 0 Å². The van der Waals surface area contributed by atoms with Crippen LogP contribution in [0.2, 0.25) is 5.02 Å². The van der Waals surface area contributed by atoms with Gasteiger partial charge < -0.3 is 9.90 Å². The van der Waals surface area contributed by atoms with Crippen molar-refractivity contribution in [2.75, 3.05) is 0 Å². The molecular formula is C8H6ClNaO2. The van der Waals surface area contributed by atoms with E-state index in [1.807, 2.05) is 0 Å². The standard InChI is InChI=1S/C8H7ClO2.Na/c1-5-2-3-6(9)4-7(5)8(10)11;/h2-4H,1H3,(H,10,11);/q;+1/p-1. The van der Waals surface area contributed by atoms with Crippen LogP contribution in [0.3, 0.4) is 0 Å². The molecule has 4 heteroatoms. The molecule has 0 amide bonds. The molecule has 0 fully saturated rings. The minimum atomic E-state index is -1.19. The molecule has 0 spiro atoms. The van der Waals surface area contributed by atoms with Crippen molar-refractivity contribution in [2.45, 2.75) is 6.92 Å². The number of carboxylic acids is 1. The van der Waals surface area contributed by atoms with Crippen LogP contribution >= 0.6 is 11.6 Å². The van der Waals surface area contributed by atoms with Crippen molar-refractivity contribution in [3.63, 3.8) is 0 Å². The molecule has 0 atom stereocenters. The van der Waals surface area contributed by atoms with E-state index >= 15 is 0 Å². The van der Waals surface area contributed by atoms with Crippen molar-refractivity contribution >= 4 is 17.6 Å². The van der Waals surface area contributed by atoms with Crippen LogP contribution in [0.15, 0.2) is 18.2 Å². The zero-order valence-electron chi connectivity index (χ0n) is 6.93. The molecule has 0 aliphatic heterocycles. The number of carbonyl (C=O) groups excluding carboxylic acids is 1. The van der Waals surface area contributed by atoms with Crippen LogP contribution < -0.4 is 34.7 Å². The van der Waals surface area contributed by atoms with E-state index in [0.717, 1.165) is 0 Å². The molecule has 0 aromatic heterocycles. The molecule has 58 valence electrons. The summed E-state index contributed by atoms with van der Waals surface area (Å²) in [5, 5.41) is 10.8. The van der Waals surface area contributed by atoms with E-state index < -0.39 is 5.97 Å². The second-order valence-electron chi connectivity index (χ2n) is 2.25. The van der Waals surface area contributed by atoms with Crippen molar-refractivity contribution in [1.82, 2.24) is 0 Å². The zero-order chi connectivity index (χ0) is 8.43. The van der Waals surface area contributed by atoms with Crippen LogP contribution in [0, 0.1) is 6.92 Å². The Morgan fingerprint density at radius 2 is 2.08 bits per heavy atom. The average Bonchev–Trinajstić information content (AvgIpc) is 1.94. The maximum absolute atomic E-state index is 10.4. The number of carbonyl (C=O) groups is 1. The number of halogens is 1. The topological polar surface area (TPSA) is 40.1 Å². The second kappa shape index (κ2) is 4.87. The fourth-order valence-electron chi connectivity index (χ4n) is 0.814. The molecule has 0 saturated carbocycles. The molecule has 0 bridgehead atoms. The van der Waals surface area contributed by atoms with Gasteiger partial charge in [-0.05, 0) is 24.6 Å². The maximum Gasteiger partial charge on any atom is 1.00 e. The first kappa shape index (κ1) is 12.0. The van der Waals surface area contributed by atoms with Gasteiger partial charge in [-0.2, -0.15) is 0 Å². The molecule has 0 saturated heterocycles. The first-order chi connectivity index (χ1) is 5.11. The van der Waals surface area contributed by atoms with Crippen molar-refractivity contribution in [2.24, 2.45) is 0 Å². The van der Waals surface area contributed by atoms with E-state index in [0.29, 0.717) is 10.6 Å². The number of carboxylic acid groups (broad SMARTS) is 1. The summed E-state index contributed by atoms with van der Waals surface area (Å²) >= 11 is 5.57. The van der Waals surface area contributed by atoms with E-state index in [-0.39, 0.29) is 35.1 Å². The van der Waals surface area contributed by atoms with Crippen LogP contribution in [0.1, 0.15) is 15.9 Å². The zero-order valence-corrected chi connectivity index (χ0v) is 9.68. The van der Waals surface area contributed by atoms with Crippen LogP contribution in [0.25, 0.3) is 0 Å². The SMILES string of the molecule is Cc1ccc(Cl)cc1C(=O)[O-].[Na+]. The van der Waals surface area contributed by atoms with Gasteiger partial charge in [0.05, 0.1) is 5.97 Å². The Morgan fingerprint density at radius 3 is 2.50 bits per heavy atom. The van der Waals surface area contributed by atoms with Gasteiger partial charge in [0.1, 0.15) is 0 Å². The molecule has 0 aliphatic rings. The van der Waals surface area contributed by atoms with E-state index in [9.17, 15) is 9.90 Å². The molecule has 0 aliphatic carbocycles. The van der Waals surface area contributed by atoms with Crippen molar-refractivity contribution in [3.8, 4) is 0 Å². The number of rotatable bonds is 1.